The number of ether oxygens (including phenoxy) is 2. The fraction of sp³-hybridized carbons (Fsp3) is 0.500. The van der Waals surface area contributed by atoms with Gasteiger partial charge in [0.2, 0.25) is 0 Å². The Hall–Kier alpha value is -2.48. The van der Waals surface area contributed by atoms with Gasteiger partial charge in [-0.1, -0.05) is 18.5 Å². The van der Waals surface area contributed by atoms with E-state index in [1.54, 1.807) is 6.07 Å². The van der Waals surface area contributed by atoms with Gasteiger partial charge in [0.25, 0.3) is 0 Å². The number of hydrogen-bond donors (Lipinski definition) is 1. The third-order valence-electron chi connectivity index (χ3n) is 4.40. The molecule has 26 heavy (non-hydrogen) atoms. The molecule has 0 aromatic heterocycles. The van der Waals surface area contributed by atoms with Crippen LogP contribution in [-0.4, -0.2) is 38.5 Å². The van der Waals surface area contributed by atoms with Gasteiger partial charge in [-0.15, -0.1) is 0 Å². The topological polar surface area (TPSA) is 112 Å². The van der Waals surface area contributed by atoms with Gasteiger partial charge in [-0.05, 0) is 30.9 Å². The zero-order valence-corrected chi connectivity index (χ0v) is 15.4. The van der Waals surface area contributed by atoms with Crippen molar-refractivity contribution in [3.8, 4) is 12.1 Å². The highest BCUT2D eigenvalue weighted by atomic mass is 35.5. The minimum absolute atomic E-state index is 0.0627. The number of primary amides is 1. The summed E-state index contributed by atoms with van der Waals surface area (Å²) >= 11 is 6.27. The van der Waals surface area contributed by atoms with Gasteiger partial charge in [0.1, 0.15) is 18.7 Å². The van der Waals surface area contributed by atoms with Gasteiger partial charge < -0.3 is 20.1 Å². The molecule has 2 rings (SSSR count). The van der Waals surface area contributed by atoms with Crippen molar-refractivity contribution in [2.75, 3.05) is 31.2 Å². The normalized spacial score (nSPS) is 14.5. The van der Waals surface area contributed by atoms with E-state index in [2.05, 4.69) is 21.8 Å². The summed E-state index contributed by atoms with van der Waals surface area (Å²) in [5.41, 5.74) is 7.25. The van der Waals surface area contributed by atoms with Crippen LogP contribution in [0.25, 0.3) is 0 Å². The molecule has 0 spiro atoms. The van der Waals surface area contributed by atoms with Crippen molar-refractivity contribution in [2.45, 2.75) is 32.3 Å². The van der Waals surface area contributed by atoms with Crippen LogP contribution in [0.1, 0.15) is 36.5 Å². The average molecular weight is 377 g/mol. The fourth-order valence-electron chi connectivity index (χ4n) is 3.16. The molecule has 1 aliphatic rings. The number of amides is 1. The number of anilines is 1. The number of hydrogen-bond acceptors (Lipinski definition) is 6. The van der Waals surface area contributed by atoms with E-state index in [9.17, 15) is 15.3 Å². The molecule has 1 aromatic carbocycles. The van der Waals surface area contributed by atoms with E-state index in [0.717, 1.165) is 18.5 Å². The van der Waals surface area contributed by atoms with Crippen molar-refractivity contribution in [1.29, 1.82) is 10.5 Å². The lowest BCUT2D eigenvalue weighted by molar-refractivity contribution is 0.0118. The highest BCUT2D eigenvalue weighted by molar-refractivity contribution is 6.32. The molecule has 0 unspecified atom stereocenters. The Kier molecular flexibility index (Phi) is 7.08. The maximum absolute atomic E-state index is 10.5. The zero-order valence-electron chi connectivity index (χ0n) is 14.6. The first-order valence-corrected chi connectivity index (χ1v) is 8.83. The van der Waals surface area contributed by atoms with Crippen molar-refractivity contribution >= 4 is 23.4 Å². The number of benzene rings is 1. The zero-order chi connectivity index (χ0) is 19.1. The number of piperidine rings is 1. The van der Waals surface area contributed by atoms with E-state index < -0.39 is 6.09 Å². The first-order valence-electron chi connectivity index (χ1n) is 8.46. The third kappa shape index (κ3) is 4.57. The minimum atomic E-state index is -0.808. The first-order chi connectivity index (χ1) is 12.5. The average Bonchev–Trinajstić information content (AvgIpc) is 2.64. The molecule has 1 amide bonds. The highest BCUT2D eigenvalue weighted by Gasteiger charge is 2.24. The fourth-order valence-corrected chi connectivity index (χ4v) is 3.42. The number of halogens is 1. The second kappa shape index (κ2) is 9.28. The Bertz CT molecular complexity index is 746. The molecule has 1 aromatic rings. The van der Waals surface area contributed by atoms with Crippen LogP contribution in [0, 0.1) is 22.7 Å². The predicted octanol–water partition coefficient (Wildman–Crippen LogP) is 2.73. The summed E-state index contributed by atoms with van der Waals surface area (Å²) in [5, 5.41) is 19.3. The molecule has 1 fully saturated rings. The summed E-state index contributed by atoms with van der Waals surface area (Å²) in [6, 6.07) is 6.04. The monoisotopic (exact) mass is 376 g/mol. The molecule has 1 saturated heterocycles. The number of rotatable bonds is 6. The van der Waals surface area contributed by atoms with Gasteiger partial charge in [0.05, 0.1) is 34.5 Å². The number of nitrogens with zero attached hydrogens (tertiary/aromatic N) is 3. The Labute approximate surface area is 157 Å². The van der Waals surface area contributed by atoms with Crippen LogP contribution in [0.4, 0.5) is 10.5 Å². The van der Waals surface area contributed by atoms with E-state index in [-0.39, 0.29) is 12.7 Å². The van der Waals surface area contributed by atoms with Crippen molar-refractivity contribution in [2.24, 2.45) is 5.73 Å². The first kappa shape index (κ1) is 19.8. The van der Waals surface area contributed by atoms with Crippen molar-refractivity contribution in [3.63, 3.8) is 0 Å². The van der Waals surface area contributed by atoms with Gasteiger partial charge in [-0.2, -0.15) is 10.5 Å². The predicted molar refractivity (Wildman–Crippen MR) is 97.0 cm³/mol. The lowest BCUT2D eigenvalue weighted by atomic mass is 9.96. The molecule has 138 valence electrons. The van der Waals surface area contributed by atoms with Crippen LogP contribution in [0.3, 0.4) is 0 Å². The second-order valence-electron chi connectivity index (χ2n) is 5.91. The van der Waals surface area contributed by atoms with Gasteiger partial charge in [0.15, 0.2) is 0 Å². The van der Waals surface area contributed by atoms with Gasteiger partial charge in [0, 0.05) is 13.1 Å². The number of carbonyl (C=O) groups excluding carboxylic acids is 1. The quantitative estimate of drug-likeness (QED) is 0.764. The molecule has 0 bridgehead atoms. The second-order valence-corrected chi connectivity index (χ2v) is 6.32. The van der Waals surface area contributed by atoms with Crippen LogP contribution < -0.4 is 10.6 Å². The Morgan fingerprint density at radius 2 is 1.96 bits per heavy atom. The number of carbonyl (C=O) groups is 1. The van der Waals surface area contributed by atoms with E-state index in [4.69, 9.17) is 22.1 Å². The van der Waals surface area contributed by atoms with Crippen LogP contribution in [0.5, 0.6) is 0 Å². The Morgan fingerprint density at radius 3 is 2.50 bits per heavy atom. The van der Waals surface area contributed by atoms with Gasteiger partial charge in [-0.3, -0.25) is 0 Å². The largest absolute Gasteiger partial charge is 0.447 e. The molecule has 1 aliphatic heterocycles. The summed E-state index contributed by atoms with van der Waals surface area (Å²) in [7, 11) is 0. The van der Waals surface area contributed by atoms with Gasteiger partial charge >= 0.3 is 6.09 Å². The van der Waals surface area contributed by atoms with Crippen molar-refractivity contribution in [1.82, 2.24) is 0 Å². The van der Waals surface area contributed by atoms with Crippen molar-refractivity contribution in [3.05, 3.63) is 27.8 Å². The maximum Gasteiger partial charge on any atom is 0.404 e. The highest BCUT2D eigenvalue weighted by Crippen LogP contribution is 2.34. The summed E-state index contributed by atoms with van der Waals surface area (Å²) < 4.78 is 10.3. The smallest absolute Gasteiger partial charge is 0.404 e. The summed E-state index contributed by atoms with van der Waals surface area (Å²) in [5.74, 6) is 0. The Balaban J connectivity index is 2.05. The Morgan fingerprint density at radius 1 is 1.31 bits per heavy atom. The maximum atomic E-state index is 10.5. The SMILES string of the molecule is CCc1c(C#N)c(Cl)cc(N2CCC(OCCOC(N)=O)CC2)c1C#N. The van der Waals surface area contributed by atoms with E-state index in [1.165, 1.54) is 0 Å². The molecular formula is C18H21ClN4O3. The molecular weight excluding hydrogens is 356 g/mol. The van der Waals surface area contributed by atoms with Crippen LogP contribution in [0.15, 0.2) is 6.07 Å². The minimum Gasteiger partial charge on any atom is -0.447 e. The summed E-state index contributed by atoms with van der Waals surface area (Å²) in [4.78, 5) is 12.6. The summed E-state index contributed by atoms with van der Waals surface area (Å²) in [6.45, 7) is 3.77. The van der Waals surface area contributed by atoms with E-state index in [1.807, 2.05) is 6.92 Å². The van der Waals surface area contributed by atoms with Crippen LogP contribution in [-0.2, 0) is 15.9 Å². The molecule has 0 aliphatic carbocycles. The van der Waals surface area contributed by atoms with E-state index in [0.29, 0.717) is 47.8 Å². The summed E-state index contributed by atoms with van der Waals surface area (Å²) in [6.07, 6.45) is 1.38. The molecule has 0 radical (unpaired) electrons. The molecule has 1 heterocycles. The molecule has 7 nitrogen and oxygen atoms in total. The number of nitrogens with two attached hydrogens (primary N) is 1. The molecule has 2 N–H and O–H groups in total. The lowest BCUT2D eigenvalue weighted by Gasteiger charge is -2.34. The standard InChI is InChI=1S/C18H21ClN4O3/c1-2-13-14(10-20)16(19)9-17(15(13)11-21)23-5-3-12(4-6-23)25-7-8-26-18(22)24/h9,12H,2-8H2,1H3,(H2,22,24). The van der Waals surface area contributed by atoms with Gasteiger partial charge in [-0.25, -0.2) is 4.79 Å². The van der Waals surface area contributed by atoms with E-state index >= 15 is 0 Å². The molecule has 0 saturated carbocycles. The number of nitriles is 2. The molecule has 8 heteroatoms. The lowest BCUT2D eigenvalue weighted by Crippen LogP contribution is -2.38. The van der Waals surface area contributed by atoms with Crippen LogP contribution >= 0.6 is 11.6 Å². The van der Waals surface area contributed by atoms with Crippen LogP contribution in [0.2, 0.25) is 5.02 Å². The van der Waals surface area contributed by atoms with Crippen molar-refractivity contribution < 1.29 is 14.3 Å². The third-order valence-corrected chi connectivity index (χ3v) is 4.70. The molecule has 0 atom stereocenters.